The van der Waals surface area contributed by atoms with Crippen molar-refractivity contribution in [2.45, 2.75) is 33.2 Å². The van der Waals surface area contributed by atoms with Crippen LogP contribution < -0.4 is 19.9 Å². The number of hydrogen-bond acceptors (Lipinski definition) is 4. The third-order valence-electron chi connectivity index (χ3n) is 2.49. The molecule has 0 spiro atoms. The zero-order valence-electron chi connectivity index (χ0n) is 11.7. The fourth-order valence-corrected chi connectivity index (χ4v) is 1.81. The Hall–Kier alpha value is -1.42. The number of methoxy groups -OCH3 is 1. The smallest absolute Gasteiger partial charge is 0.164 e. The maximum absolute atomic E-state index is 5.86. The van der Waals surface area contributed by atoms with E-state index in [1.54, 1.807) is 7.11 Å². The molecule has 0 aliphatic carbocycles. The first kappa shape index (κ1) is 14.6. The molecule has 2 N–H and O–H groups in total. The Morgan fingerprint density at radius 2 is 1.67 bits per heavy atom. The second-order valence-electron chi connectivity index (χ2n) is 4.16. The lowest BCUT2D eigenvalue weighted by Gasteiger charge is -2.16. The molecule has 0 aromatic heterocycles. The van der Waals surface area contributed by atoms with Crippen LogP contribution in [0.4, 0.5) is 0 Å². The van der Waals surface area contributed by atoms with Crippen molar-refractivity contribution in [2.75, 3.05) is 20.3 Å². The summed E-state index contributed by atoms with van der Waals surface area (Å²) >= 11 is 0. The second kappa shape index (κ2) is 7.11. The lowest BCUT2D eigenvalue weighted by molar-refractivity contribution is 0.302. The summed E-state index contributed by atoms with van der Waals surface area (Å²) in [4.78, 5) is 0. The third-order valence-corrected chi connectivity index (χ3v) is 2.49. The molecule has 4 heteroatoms. The number of rotatable bonds is 7. The molecule has 1 atom stereocenters. The molecule has 18 heavy (non-hydrogen) atoms. The first-order valence-electron chi connectivity index (χ1n) is 6.34. The summed E-state index contributed by atoms with van der Waals surface area (Å²) in [5.74, 6) is 2.24. The van der Waals surface area contributed by atoms with Gasteiger partial charge in [-0.1, -0.05) is 0 Å². The molecule has 1 aromatic rings. The Balaban J connectivity index is 3.14. The van der Waals surface area contributed by atoms with E-state index >= 15 is 0 Å². The van der Waals surface area contributed by atoms with E-state index in [9.17, 15) is 0 Å². The molecule has 0 bridgehead atoms. The maximum atomic E-state index is 5.86. The van der Waals surface area contributed by atoms with E-state index in [-0.39, 0.29) is 6.04 Å². The van der Waals surface area contributed by atoms with Gasteiger partial charge in [0.15, 0.2) is 11.5 Å². The van der Waals surface area contributed by atoms with Crippen molar-refractivity contribution < 1.29 is 14.2 Å². The van der Waals surface area contributed by atoms with Crippen molar-refractivity contribution in [2.24, 2.45) is 5.73 Å². The predicted molar refractivity (Wildman–Crippen MR) is 72.7 cm³/mol. The Bertz CT molecular complexity index is 378. The molecule has 1 rings (SSSR count). The van der Waals surface area contributed by atoms with Crippen molar-refractivity contribution >= 4 is 0 Å². The molecule has 0 unspecified atom stereocenters. The van der Waals surface area contributed by atoms with Gasteiger partial charge in [0.25, 0.3) is 0 Å². The standard InChI is InChI=1S/C14H23NO3/c1-5-17-12-9-13(16-4)14(18-6-2)8-11(12)7-10(3)15/h8-10H,5-7,15H2,1-4H3/t10-/m1/s1. The van der Waals surface area contributed by atoms with E-state index in [4.69, 9.17) is 19.9 Å². The van der Waals surface area contributed by atoms with E-state index in [1.165, 1.54) is 0 Å². The average Bonchev–Trinajstić information content (AvgIpc) is 2.32. The third kappa shape index (κ3) is 3.81. The quantitative estimate of drug-likeness (QED) is 0.810. The molecule has 0 aliphatic heterocycles. The molecule has 0 saturated carbocycles. The van der Waals surface area contributed by atoms with Crippen LogP contribution in [0.5, 0.6) is 17.2 Å². The highest BCUT2D eigenvalue weighted by Crippen LogP contribution is 2.35. The van der Waals surface area contributed by atoms with Gasteiger partial charge in [-0.05, 0) is 38.8 Å². The van der Waals surface area contributed by atoms with Crippen LogP contribution in [0.25, 0.3) is 0 Å². The van der Waals surface area contributed by atoms with Crippen molar-refractivity contribution in [3.8, 4) is 17.2 Å². The summed E-state index contributed by atoms with van der Waals surface area (Å²) in [6.07, 6.45) is 0.749. The summed E-state index contributed by atoms with van der Waals surface area (Å²) in [7, 11) is 1.62. The molecule has 0 saturated heterocycles. The molecule has 0 amide bonds. The Morgan fingerprint density at radius 3 is 2.17 bits per heavy atom. The van der Waals surface area contributed by atoms with Gasteiger partial charge in [-0.25, -0.2) is 0 Å². The van der Waals surface area contributed by atoms with Gasteiger partial charge in [0.1, 0.15) is 5.75 Å². The van der Waals surface area contributed by atoms with Gasteiger partial charge < -0.3 is 19.9 Å². The molecular weight excluding hydrogens is 230 g/mol. The first-order valence-corrected chi connectivity index (χ1v) is 6.34. The molecular formula is C14H23NO3. The minimum absolute atomic E-state index is 0.0760. The van der Waals surface area contributed by atoms with Crippen molar-refractivity contribution in [1.82, 2.24) is 0 Å². The lowest BCUT2D eigenvalue weighted by Crippen LogP contribution is -2.18. The molecule has 1 aromatic carbocycles. The van der Waals surface area contributed by atoms with Crippen LogP contribution in [0.15, 0.2) is 12.1 Å². The Labute approximate surface area is 109 Å². The molecule has 0 aliphatic rings. The molecule has 0 heterocycles. The number of benzene rings is 1. The van der Waals surface area contributed by atoms with E-state index < -0.39 is 0 Å². The highest BCUT2D eigenvalue weighted by atomic mass is 16.5. The largest absolute Gasteiger partial charge is 0.493 e. The van der Waals surface area contributed by atoms with Gasteiger partial charge >= 0.3 is 0 Å². The van der Waals surface area contributed by atoms with E-state index in [1.807, 2.05) is 32.9 Å². The second-order valence-corrected chi connectivity index (χ2v) is 4.16. The SMILES string of the molecule is CCOc1cc(OC)c(OCC)cc1C[C@@H](C)N. The van der Waals surface area contributed by atoms with Gasteiger partial charge in [0, 0.05) is 12.1 Å². The number of nitrogens with two attached hydrogens (primary N) is 1. The fourth-order valence-electron chi connectivity index (χ4n) is 1.81. The highest BCUT2D eigenvalue weighted by Gasteiger charge is 2.13. The van der Waals surface area contributed by atoms with E-state index in [0.717, 1.165) is 23.5 Å². The molecule has 102 valence electrons. The summed E-state index contributed by atoms with van der Waals surface area (Å²) in [6.45, 7) is 7.09. The monoisotopic (exact) mass is 253 g/mol. The normalized spacial score (nSPS) is 12.1. The Kier molecular flexibility index (Phi) is 5.78. The predicted octanol–water partition coefficient (Wildman–Crippen LogP) is 2.38. The van der Waals surface area contributed by atoms with Crippen molar-refractivity contribution in [3.63, 3.8) is 0 Å². The maximum Gasteiger partial charge on any atom is 0.164 e. The van der Waals surface area contributed by atoms with Crippen LogP contribution in [0, 0.1) is 0 Å². The van der Waals surface area contributed by atoms with Crippen LogP contribution >= 0.6 is 0 Å². The van der Waals surface area contributed by atoms with Gasteiger partial charge in [-0.15, -0.1) is 0 Å². The van der Waals surface area contributed by atoms with Crippen LogP contribution in [-0.4, -0.2) is 26.4 Å². The van der Waals surface area contributed by atoms with Crippen LogP contribution in [-0.2, 0) is 6.42 Å². The minimum Gasteiger partial charge on any atom is -0.493 e. The van der Waals surface area contributed by atoms with E-state index in [2.05, 4.69) is 0 Å². The zero-order chi connectivity index (χ0) is 13.5. The summed E-state index contributed by atoms with van der Waals surface area (Å²) < 4.78 is 16.5. The topological polar surface area (TPSA) is 53.7 Å². The number of hydrogen-bond donors (Lipinski definition) is 1. The van der Waals surface area contributed by atoms with Crippen LogP contribution in [0.1, 0.15) is 26.3 Å². The van der Waals surface area contributed by atoms with Gasteiger partial charge in [-0.3, -0.25) is 0 Å². The molecule has 0 fully saturated rings. The van der Waals surface area contributed by atoms with Gasteiger partial charge in [0.2, 0.25) is 0 Å². The minimum atomic E-state index is 0.0760. The molecule has 4 nitrogen and oxygen atoms in total. The lowest BCUT2D eigenvalue weighted by atomic mass is 10.1. The van der Waals surface area contributed by atoms with E-state index in [0.29, 0.717) is 19.0 Å². The summed E-state index contributed by atoms with van der Waals surface area (Å²) in [5.41, 5.74) is 6.91. The average molecular weight is 253 g/mol. The van der Waals surface area contributed by atoms with Crippen molar-refractivity contribution in [1.29, 1.82) is 0 Å². The van der Waals surface area contributed by atoms with Gasteiger partial charge in [0.05, 0.1) is 20.3 Å². The highest BCUT2D eigenvalue weighted by molar-refractivity contribution is 5.51. The van der Waals surface area contributed by atoms with Gasteiger partial charge in [-0.2, -0.15) is 0 Å². The first-order chi connectivity index (χ1) is 8.62. The van der Waals surface area contributed by atoms with Crippen LogP contribution in [0.2, 0.25) is 0 Å². The molecule has 0 radical (unpaired) electrons. The zero-order valence-corrected chi connectivity index (χ0v) is 11.7. The summed E-state index contributed by atoms with van der Waals surface area (Å²) in [6, 6.07) is 3.90. The Morgan fingerprint density at radius 1 is 1.06 bits per heavy atom. The fraction of sp³-hybridized carbons (Fsp3) is 0.571. The van der Waals surface area contributed by atoms with Crippen LogP contribution in [0.3, 0.4) is 0 Å². The number of ether oxygens (including phenoxy) is 3. The summed E-state index contributed by atoms with van der Waals surface area (Å²) in [5, 5.41) is 0. The van der Waals surface area contributed by atoms with Crippen molar-refractivity contribution in [3.05, 3.63) is 17.7 Å².